The Labute approximate surface area is 91.2 Å². The summed E-state index contributed by atoms with van der Waals surface area (Å²) in [6.45, 7) is 8.09. The topological polar surface area (TPSA) is 34.1 Å². The average Bonchev–Trinajstić information content (AvgIpc) is 2.27. The molecule has 1 heterocycles. The summed E-state index contributed by atoms with van der Waals surface area (Å²) in [5.41, 5.74) is 1.00. The molecule has 0 radical (unpaired) electrons. The highest BCUT2D eigenvalue weighted by atomic mass is 16.5. The molecule has 0 aliphatic heterocycles. The minimum Gasteiger partial charge on any atom is -0.489 e. The van der Waals surface area contributed by atoms with Gasteiger partial charge in [-0.05, 0) is 19.0 Å². The van der Waals surface area contributed by atoms with Gasteiger partial charge in [0.05, 0.1) is 5.69 Å². The smallest absolute Gasteiger partial charge is 0.123 e. The normalized spacial score (nSPS) is 9.93. The highest BCUT2D eigenvalue weighted by Gasteiger charge is 1.96. The summed E-state index contributed by atoms with van der Waals surface area (Å²) in [5, 5.41) is 3.30. The first-order valence-electron chi connectivity index (χ1n) is 5.26. The number of ether oxygens (including phenoxy) is 1. The molecule has 0 atom stereocenters. The minimum atomic E-state index is 0.534. The van der Waals surface area contributed by atoms with Crippen molar-refractivity contribution >= 4 is 0 Å². The van der Waals surface area contributed by atoms with Gasteiger partial charge in [0.25, 0.3) is 0 Å². The highest BCUT2D eigenvalue weighted by molar-refractivity contribution is 5.22. The van der Waals surface area contributed by atoms with E-state index in [-0.39, 0.29) is 0 Å². The molecule has 1 aromatic rings. The van der Waals surface area contributed by atoms with Crippen molar-refractivity contribution < 1.29 is 4.74 Å². The van der Waals surface area contributed by atoms with Crippen molar-refractivity contribution in [2.45, 2.75) is 19.9 Å². The van der Waals surface area contributed by atoms with E-state index in [1.807, 2.05) is 12.1 Å². The molecule has 0 aliphatic rings. The van der Waals surface area contributed by atoms with E-state index in [2.05, 4.69) is 23.8 Å². The molecule has 1 N–H and O–H groups in total. The number of nitrogens with one attached hydrogen (secondary N) is 1. The molecule has 1 aromatic heterocycles. The number of hydrogen-bond donors (Lipinski definition) is 1. The Morgan fingerprint density at radius 3 is 3.20 bits per heavy atom. The maximum atomic E-state index is 5.42. The first-order valence-corrected chi connectivity index (χ1v) is 5.26. The molecule has 0 unspecified atom stereocenters. The van der Waals surface area contributed by atoms with E-state index in [0.717, 1.165) is 31.0 Å². The Balaban J connectivity index is 2.46. The summed E-state index contributed by atoms with van der Waals surface area (Å²) in [6, 6.07) is 3.80. The summed E-state index contributed by atoms with van der Waals surface area (Å²) < 4.78 is 5.42. The molecule has 0 aromatic carbocycles. The van der Waals surface area contributed by atoms with Crippen LogP contribution in [0.5, 0.6) is 5.75 Å². The van der Waals surface area contributed by atoms with E-state index in [4.69, 9.17) is 4.74 Å². The molecule has 82 valence electrons. The number of pyridine rings is 1. The zero-order valence-electron chi connectivity index (χ0n) is 9.20. The maximum Gasteiger partial charge on any atom is 0.123 e. The van der Waals surface area contributed by atoms with Crippen molar-refractivity contribution in [1.82, 2.24) is 10.3 Å². The minimum absolute atomic E-state index is 0.534. The zero-order chi connectivity index (χ0) is 10.9. The standard InChI is InChI=1S/C12H18N2O/c1-3-6-13-10-11-9-12(5-7-14-11)15-8-4-2/h4-5,7,9,13H,2-3,6,8,10H2,1H3. The third-order valence-corrected chi connectivity index (χ3v) is 1.89. The second-order valence-corrected chi connectivity index (χ2v) is 3.26. The second-order valence-electron chi connectivity index (χ2n) is 3.26. The van der Waals surface area contributed by atoms with Crippen LogP contribution >= 0.6 is 0 Å². The Kier molecular flexibility index (Phi) is 5.48. The van der Waals surface area contributed by atoms with Crippen LogP contribution in [0.15, 0.2) is 31.0 Å². The van der Waals surface area contributed by atoms with Gasteiger partial charge >= 0.3 is 0 Å². The number of rotatable bonds is 7. The molecule has 15 heavy (non-hydrogen) atoms. The van der Waals surface area contributed by atoms with Crippen LogP contribution in [0.25, 0.3) is 0 Å². The molecule has 0 fully saturated rings. The fourth-order valence-corrected chi connectivity index (χ4v) is 1.19. The van der Waals surface area contributed by atoms with E-state index < -0.39 is 0 Å². The van der Waals surface area contributed by atoms with Crippen LogP contribution in [0.3, 0.4) is 0 Å². The summed E-state index contributed by atoms with van der Waals surface area (Å²) >= 11 is 0. The van der Waals surface area contributed by atoms with Crippen molar-refractivity contribution in [1.29, 1.82) is 0 Å². The average molecular weight is 206 g/mol. The lowest BCUT2D eigenvalue weighted by atomic mass is 10.3. The second kappa shape index (κ2) is 7.01. The van der Waals surface area contributed by atoms with Crippen molar-refractivity contribution in [3.8, 4) is 5.75 Å². The van der Waals surface area contributed by atoms with Gasteiger partial charge in [-0.3, -0.25) is 4.98 Å². The van der Waals surface area contributed by atoms with Crippen LogP contribution in [0.1, 0.15) is 19.0 Å². The SMILES string of the molecule is C=CCOc1ccnc(CNCCC)c1. The molecular weight excluding hydrogens is 188 g/mol. The van der Waals surface area contributed by atoms with Gasteiger partial charge in [-0.25, -0.2) is 0 Å². The zero-order valence-corrected chi connectivity index (χ0v) is 9.20. The largest absolute Gasteiger partial charge is 0.489 e. The molecule has 1 rings (SSSR count). The van der Waals surface area contributed by atoms with E-state index in [0.29, 0.717) is 6.61 Å². The predicted molar refractivity (Wildman–Crippen MR) is 61.9 cm³/mol. The Morgan fingerprint density at radius 1 is 1.60 bits per heavy atom. The van der Waals surface area contributed by atoms with Crippen LogP contribution in [0.2, 0.25) is 0 Å². The summed E-state index contributed by atoms with van der Waals surface area (Å²) in [4.78, 5) is 4.25. The monoisotopic (exact) mass is 206 g/mol. The molecular formula is C12H18N2O. The van der Waals surface area contributed by atoms with Gasteiger partial charge in [0.15, 0.2) is 0 Å². The van der Waals surface area contributed by atoms with Gasteiger partial charge < -0.3 is 10.1 Å². The molecule has 0 saturated carbocycles. The van der Waals surface area contributed by atoms with E-state index in [9.17, 15) is 0 Å². The molecule has 0 spiro atoms. The van der Waals surface area contributed by atoms with Crippen LogP contribution < -0.4 is 10.1 Å². The summed E-state index contributed by atoms with van der Waals surface area (Å²) in [5.74, 6) is 0.846. The lowest BCUT2D eigenvalue weighted by Crippen LogP contribution is -2.14. The molecule has 0 bridgehead atoms. The van der Waals surface area contributed by atoms with E-state index >= 15 is 0 Å². The first kappa shape index (κ1) is 11.7. The summed E-state index contributed by atoms with van der Waals surface area (Å²) in [6.07, 6.45) is 4.63. The Morgan fingerprint density at radius 2 is 2.47 bits per heavy atom. The van der Waals surface area contributed by atoms with Gasteiger partial charge in [-0.1, -0.05) is 19.6 Å². The maximum absolute atomic E-state index is 5.42. The predicted octanol–water partition coefficient (Wildman–Crippen LogP) is 2.15. The van der Waals surface area contributed by atoms with Crippen LogP contribution in [-0.2, 0) is 6.54 Å². The lowest BCUT2D eigenvalue weighted by Gasteiger charge is -2.06. The van der Waals surface area contributed by atoms with Crippen LogP contribution in [-0.4, -0.2) is 18.1 Å². The van der Waals surface area contributed by atoms with Crippen molar-refractivity contribution in [3.63, 3.8) is 0 Å². The Hall–Kier alpha value is -1.35. The molecule has 0 amide bonds. The van der Waals surface area contributed by atoms with Crippen molar-refractivity contribution in [3.05, 3.63) is 36.7 Å². The number of nitrogens with zero attached hydrogens (tertiary/aromatic N) is 1. The fourth-order valence-electron chi connectivity index (χ4n) is 1.19. The Bertz CT molecular complexity index is 299. The third kappa shape index (κ3) is 4.61. The van der Waals surface area contributed by atoms with Crippen LogP contribution in [0, 0.1) is 0 Å². The highest BCUT2D eigenvalue weighted by Crippen LogP contribution is 2.10. The first-order chi connectivity index (χ1) is 7.36. The third-order valence-electron chi connectivity index (χ3n) is 1.89. The van der Waals surface area contributed by atoms with E-state index in [1.165, 1.54) is 0 Å². The number of hydrogen-bond acceptors (Lipinski definition) is 3. The molecule has 0 aliphatic carbocycles. The summed E-state index contributed by atoms with van der Waals surface area (Å²) in [7, 11) is 0. The van der Waals surface area contributed by atoms with Crippen molar-refractivity contribution in [2.75, 3.05) is 13.2 Å². The lowest BCUT2D eigenvalue weighted by molar-refractivity contribution is 0.362. The quantitative estimate of drug-likeness (QED) is 0.548. The molecule has 0 saturated heterocycles. The van der Waals surface area contributed by atoms with Gasteiger partial charge in [0.2, 0.25) is 0 Å². The molecule has 3 nitrogen and oxygen atoms in total. The van der Waals surface area contributed by atoms with Crippen molar-refractivity contribution in [2.24, 2.45) is 0 Å². The van der Waals surface area contributed by atoms with Crippen LogP contribution in [0.4, 0.5) is 0 Å². The van der Waals surface area contributed by atoms with E-state index in [1.54, 1.807) is 12.3 Å². The van der Waals surface area contributed by atoms with Gasteiger partial charge in [-0.15, -0.1) is 0 Å². The molecule has 3 heteroatoms. The van der Waals surface area contributed by atoms with Gasteiger partial charge in [0.1, 0.15) is 12.4 Å². The van der Waals surface area contributed by atoms with Gasteiger partial charge in [-0.2, -0.15) is 0 Å². The van der Waals surface area contributed by atoms with Gasteiger partial charge in [0, 0.05) is 18.8 Å². The fraction of sp³-hybridized carbons (Fsp3) is 0.417. The number of aromatic nitrogens is 1.